The summed E-state index contributed by atoms with van der Waals surface area (Å²) < 4.78 is 30.2. The summed E-state index contributed by atoms with van der Waals surface area (Å²) in [6.07, 6.45) is 2.51. The van der Waals surface area contributed by atoms with Crippen LogP contribution in [0.3, 0.4) is 0 Å². The fourth-order valence-corrected chi connectivity index (χ4v) is 5.03. The molecule has 2 heterocycles. The highest BCUT2D eigenvalue weighted by Gasteiger charge is 2.36. The van der Waals surface area contributed by atoms with Gasteiger partial charge in [0.2, 0.25) is 0 Å². The second-order valence-corrected chi connectivity index (χ2v) is 9.22. The first-order valence-corrected chi connectivity index (χ1v) is 11.1. The standard InChI is InChI=1S/C18H23N5O5S/c1-3-13(2)23(16-8-9-29(26,27)11-16)17(24)10-28-18(25)14-4-6-15(7-5-14)22-12-19-20-21-22/h4-7,12-13,16H,3,8-11H2,1-2H3/t13-,16+/m0/s1. The molecule has 3 rings (SSSR count). The molecule has 0 aliphatic carbocycles. The predicted octanol–water partition coefficient (Wildman–Crippen LogP) is 0.633. The van der Waals surface area contributed by atoms with Gasteiger partial charge in [0.05, 0.1) is 22.8 Å². The van der Waals surface area contributed by atoms with Crippen molar-refractivity contribution in [1.82, 2.24) is 25.1 Å². The number of amides is 1. The molecule has 0 N–H and O–H groups in total. The lowest BCUT2D eigenvalue weighted by atomic mass is 10.1. The lowest BCUT2D eigenvalue weighted by molar-refractivity contribution is -0.138. The van der Waals surface area contributed by atoms with Crippen LogP contribution < -0.4 is 0 Å². The van der Waals surface area contributed by atoms with E-state index in [1.807, 2.05) is 13.8 Å². The second kappa shape index (κ2) is 8.68. The quantitative estimate of drug-likeness (QED) is 0.596. The second-order valence-electron chi connectivity index (χ2n) is 6.99. The highest BCUT2D eigenvalue weighted by molar-refractivity contribution is 7.91. The maximum absolute atomic E-state index is 12.7. The van der Waals surface area contributed by atoms with Gasteiger partial charge in [-0.2, -0.15) is 0 Å². The fourth-order valence-electron chi connectivity index (χ4n) is 3.32. The smallest absolute Gasteiger partial charge is 0.338 e. The third-order valence-corrected chi connectivity index (χ3v) is 6.75. The van der Waals surface area contributed by atoms with Crippen LogP contribution >= 0.6 is 0 Å². The van der Waals surface area contributed by atoms with E-state index >= 15 is 0 Å². The van der Waals surface area contributed by atoms with Crippen molar-refractivity contribution in [3.05, 3.63) is 36.2 Å². The van der Waals surface area contributed by atoms with Gasteiger partial charge in [-0.25, -0.2) is 17.9 Å². The highest BCUT2D eigenvalue weighted by atomic mass is 32.2. The zero-order valence-electron chi connectivity index (χ0n) is 16.3. The zero-order chi connectivity index (χ0) is 21.0. The van der Waals surface area contributed by atoms with E-state index in [2.05, 4.69) is 15.5 Å². The molecule has 29 heavy (non-hydrogen) atoms. The lowest BCUT2D eigenvalue weighted by Gasteiger charge is -2.33. The number of hydrogen-bond acceptors (Lipinski definition) is 8. The molecule has 2 aromatic rings. The van der Waals surface area contributed by atoms with Crippen LogP contribution in [-0.2, 0) is 19.4 Å². The van der Waals surface area contributed by atoms with Crippen LogP contribution in [0.15, 0.2) is 30.6 Å². The molecular weight excluding hydrogens is 398 g/mol. The van der Waals surface area contributed by atoms with Crippen LogP contribution in [0, 0.1) is 0 Å². The summed E-state index contributed by atoms with van der Waals surface area (Å²) >= 11 is 0. The van der Waals surface area contributed by atoms with Crippen LogP contribution in [0.5, 0.6) is 0 Å². The van der Waals surface area contributed by atoms with Crippen molar-refractivity contribution < 1.29 is 22.7 Å². The molecule has 1 aliphatic rings. The van der Waals surface area contributed by atoms with Crippen LogP contribution in [0.4, 0.5) is 0 Å². The first kappa shape index (κ1) is 20.9. The van der Waals surface area contributed by atoms with Crippen LogP contribution in [0.2, 0.25) is 0 Å². The number of sulfone groups is 1. The largest absolute Gasteiger partial charge is 0.452 e. The van der Waals surface area contributed by atoms with Crippen molar-refractivity contribution in [3.63, 3.8) is 0 Å². The number of hydrogen-bond donors (Lipinski definition) is 0. The number of nitrogens with zero attached hydrogens (tertiary/aromatic N) is 5. The predicted molar refractivity (Wildman–Crippen MR) is 103 cm³/mol. The van der Waals surface area contributed by atoms with Crippen molar-refractivity contribution in [1.29, 1.82) is 0 Å². The number of aromatic nitrogens is 4. The Bertz CT molecular complexity index is 959. The Hall–Kier alpha value is -2.82. The van der Waals surface area contributed by atoms with Gasteiger partial charge in [0.25, 0.3) is 5.91 Å². The Morgan fingerprint density at radius 3 is 2.59 bits per heavy atom. The average molecular weight is 421 g/mol. The van der Waals surface area contributed by atoms with E-state index in [1.165, 1.54) is 11.0 Å². The van der Waals surface area contributed by atoms with Crippen LogP contribution in [0.1, 0.15) is 37.0 Å². The number of benzene rings is 1. The van der Waals surface area contributed by atoms with Crippen molar-refractivity contribution in [2.45, 2.75) is 38.8 Å². The molecule has 0 radical (unpaired) electrons. The van der Waals surface area contributed by atoms with Gasteiger partial charge < -0.3 is 9.64 Å². The molecular formula is C18H23N5O5S. The molecule has 1 amide bonds. The molecule has 2 atom stereocenters. The monoisotopic (exact) mass is 421 g/mol. The minimum atomic E-state index is -3.13. The maximum Gasteiger partial charge on any atom is 0.338 e. The topological polar surface area (TPSA) is 124 Å². The number of rotatable bonds is 7. The fraction of sp³-hybridized carbons (Fsp3) is 0.500. The number of tetrazole rings is 1. The van der Waals surface area contributed by atoms with Crippen molar-refractivity contribution >= 4 is 21.7 Å². The Morgan fingerprint density at radius 1 is 1.31 bits per heavy atom. The Balaban J connectivity index is 1.62. The van der Waals surface area contributed by atoms with Gasteiger partial charge >= 0.3 is 5.97 Å². The highest BCUT2D eigenvalue weighted by Crippen LogP contribution is 2.21. The summed E-state index contributed by atoms with van der Waals surface area (Å²) in [5.74, 6) is -0.995. The van der Waals surface area contributed by atoms with E-state index < -0.39 is 22.4 Å². The molecule has 0 spiro atoms. The third-order valence-electron chi connectivity index (χ3n) is 5.00. The van der Waals surface area contributed by atoms with E-state index in [4.69, 9.17) is 4.74 Å². The first-order valence-electron chi connectivity index (χ1n) is 9.33. The van der Waals surface area contributed by atoms with Crippen molar-refractivity contribution in [2.75, 3.05) is 18.1 Å². The van der Waals surface area contributed by atoms with E-state index in [-0.39, 0.29) is 35.1 Å². The summed E-state index contributed by atoms with van der Waals surface area (Å²) in [5, 5.41) is 10.8. The normalized spacial score (nSPS) is 18.9. The number of carbonyl (C=O) groups is 2. The summed E-state index contributed by atoms with van der Waals surface area (Å²) in [6.45, 7) is 3.35. The lowest BCUT2D eigenvalue weighted by Crippen LogP contribution is -2.48. The van der Waals surface area contributed by atoms with Gasteiger partial charge in [-0.1, -0.05) is 6.92 Å². The van der Waals surface area contributed by atoms with E-state index in [1.54, 1.807) is 29.2 Å². The number of esters is 1. The Morgan fingerprint density at radius 2 is 2.03 bits per heavy atom. The number of carbonyl (C=O) groups excluding carboxylic acids is 2. The van der Waals surface area contributed by atoms with Gasteiger partial charge in [0.1, 0.15) is 6.33 Å². The summed E-state index contributed by atoms with van der Waals surface area (Å²) in [7, 11) is -3.13. The molecule has 1 aromatic carbocycles. The van der Waals surface area contributed by atoms with Crippen LogP contribution in [-0.4, -0.2) is 75.6 Å². The first-order chi connectivity index (χ1) is 13.8. The molecule has 1 fully saturated rings. The zero-order valence-corrected chi connectivity index (χ0v) is 17.1. The minimum absolute atomic E-state index is 0.0460. The molecule has 156 valence electrons. The summed E-state index contributed by atoms with van der Waals surface area (Å²) in [5.41, 5.74) is 0.959. The molecule has 11 heteroatoms. The Kier molecular flexibility index (Phi) is 6.26. The summed E-state index contributed by atoms with van der Waals surface area (Å²) in [6, 6.07) is 5.90. The minimum Gasteiger partial charge on any atom is -0.452 e. The van der Waals surface area contributed by atoms with E-state index in [0.717, 1.165) is 0 Å². The molecule has 1 aliphatic heterocycles. The molecule has 1 saturated heterocycles. The molecule has 10 nitrogen and oxygen atoms in total. The average Bonchev–Trinajstić information content (AvgIpc) is 3.36. The molecule has 0 unspecified atom stereocenters. The SMILES string of the molecule is CC[C@H](C)N(C(=O)COC(=O)c1ccc(-n2cnnn2)cc1)[C@@H]1CCS(=O)(=O)C1. The molecule has 0 bridgehead atoms. The third kappa shape index (κ3) is 4.97. The summed E-state index contributed by atoms with van der Waals surface area (Å²) in [4.78, 5) is 26.6. The van der Waals surface area contributed by atoms with Gasteiger partial charge in [0, 0.05) is 12.1 Å². The van der Waals surface area contributed by atoms with E-state index in [9.17, 15) is 18.0 Å². The van der Waals surface area contributed by atoms with Gasteiger partial charge in [0.15, 0.2) is 16.4 Å². The maximum atomic E-state index is 12.7. The molecule has 1 aromatic heterocycles. The van der Waals surface area contributed by atoms with Gasteiger partial charge in [-0.05, 0) is 54.5 Å². The van der Waals surface area contributed by atoms with Crippen molar-refractivity contribution in [2.24, 2.45) is 0 Å². The van der Waals surface area contributed by atoms with Crippen molar-refractivity contribution in [3.8, 4) is 5.69 Å². The number of ether oxygens (including phenoxy) is 1. The van der Waals surface area contributed by atoms with E-state index in [0.29, 0.717) is 18.5 Å². The van der Waals surface area contributed by atoms with Gasteiger partial charge in [-0.15, -0.1) is 5.10 Å². The Labute approximate surface area is 168 Å². The molecule has 0 saturated carbocycles. The van der Waals surface area contributed by atoms with Crippen LogP contribution in [0.25, 0.3) is 5.69 Å². The van der Waals surface area contributed by atoms with Gasteiger partial charge in [-0.3, -0.25) is 4.79 Å².